The Morgan fingerprint density at radius 2 is 0.783 bits per heavy atom. The van der Waals surface area contributed by atoms with Gasteiger partial charge in [-0.2, -0.15) is 0 Å². The average Bonchev–Trinajstić information content (AvgIpc) is 3.12. The quantitative estimate of drug-likeness (QED) is 0.132. The van der Waals surface area contributed by atoms with Gasteiger partial charge in [0, 0.05) is 16.8 Å². The van der Waals surface area contributed by atoms with Crippen LogP contribution < -0.4 is 50.5 Å². The first-order valence-corrected chi connectivity index (χ1v) is 16.6. The molecule has 0 aliphatic carbocycles. The number of benzene rings is 6. The SMILES string of the molecule is O=C(Nc1ccccc1)/C(NC(=O)c1ccccc1)=C(/c1ccccc1)[P+](c1ccccc1)(c1ccccc1)c1ccccc1.[I-]. The molecule has 6 aromatic carbocycles. The second-order valence-electron chi connectivity index (χ2n) is 10.4. The van der Waals surface area contributed by atoms with Gasteiger partial charge in [-0.3, -0.25) is 9.59 Å². The molecule has 0 radical (unpaired) electrons. The smallest absolute Gasteiger partial charge is 0.276 e. The van der Waals surface area contributed by atoms with Crippen molar-refractivity contribution in [3.63, 3.8) is 0 Å². The van der Waals surface area contributed by atoms with E-state index in [1.807, 2.05) is 133 Å². The Morgan fingerprint density at radius 1 is 0.435 bits per heavy atom. The molecule has 0 bridgehead atoms. The molecule has 6 aromatic rings. The maximum absolute atomic E-state index is 14.7. The first-order chi connectivity index (χ1) is 22.2. The van der Waals surface area contributed by atoms with Gasteiger partial charge in [-0.05, 0) is 60.7 Å². The van der Waals surface area contributed by atoms with Crippen molar-refractivity contribution in [3.8, 4) is 0 Å². The molecule has 0 unspecified atom stereocenters. The standard InChI is InChI=1S/C40H31N2O2P.HI/c43-39(32-21-9-2-10-22-32)42-37(40(44)41-33-23-11-3-12-24-33)38(31-19-7-1-8-20-31)45(34-25-13-4-14-26-34,35-27-15-5-16-28-35)36-29-17-6-18-30-36;/h1-30H,(H-,41,42,43,44);1H/b38-37+;. The van der Waals surface area contributed by atoms with Crippen molar-refractivity contribution in [1.29, 1.82) is 0 Å². The lowest BCUT2D eigenvalue weighted by molar-refractivity contribution is -0.113. The zero-order valence-corrected chi connectivity index (χ0v) is 28.0. The van der Waals surface area contributed by atoms with Crippen LogP contribution in [-0.2, 0) is 4.79 Å². The molecule has 0 spiro atoms. The number of nitrogens with one attached hydrogen (secondary N) is 2. The van der Waals surface area contributed by atoms with Crippen molar-refractivity contribution in [3.05, 3.63) is 199 Å². The molecule has 0 aliphatic heterocycles. The molecule has 226 valence electrons. The topological polar surface area (TPSA) is 58.2 Å². The van der Waals surface area contributed by atoms with E-state index in [9.17, 15) is 9.59 Å². The Kier molecular flexibility index (Phi) is 10.9. The fraction of sp³-hybridized carbons (Fsp3) is 0. The first kappa shape index (κ1) is 32.6. The minimum atomic E-state index is -2.84. The number of amides is 2. The number of anilines is 1. The number of carbonyl (C=O) groups is 2. The van der Waals surface area contributed by atoms with E-state index in [0.717, 1.165) is 26.8 Å². The lowest BCUT2D eigenvalue weighted by Gasteiger charge is -2.31. The summed E-state index contributed by atoms with van der Waals surface area (Å²) < 4.78 is 0. The minimum absolute atomic E-state index is 0. The van der Waals surface area contributed by atoms with Crippen molar-refractivity contribution in [2.24, 2.45) is 0 Å². The Morgan fingerprint density at radius 3 is 1.20 bits per heavy atom. The second kappa shape index (κ2) is 15.4. The van der Waals surface area contributed by atoms with Gasteiger partial charge in [0.15, 0.2) is 5.70 Å². The summed E-state index contributed by atoms with van der Waals surface area (Å²) in [4.78, 5) is 28.6. The molecular weight excluding hydrogens is 698 g/mol. The molecule has 0 fully saturated rings. The van der Waals surface area contributed by atoms with E-state index in [0.29, 0.717) is 11.3 Å². The Hall–Kier alpha value is -4.84. The third kappa shape index (κ3) is 6.86. The zero-order valence-electron chi connectivity index (χ0n) is 25.0. The van der Waals surface area contributed by atoms with Gasteiger partial charge in [-0.15, -0.1) is 0 Å². The molecule has 0 saturated carbocycles. The number of rotatable bonds is 9. The van der Waals surface area contributed by atoms with Crippen molar-refractivity contribution < 1.29 is 33.6 Å². The third-order valence-corrected chi connectivity index (χ3v) is 12.0. The Bertz CT molecular complexity index is 1810. The fourth-order valence-corrected chi connectivity index (χ4v) is 10.2. The monoisotopic (exact) mass is 730 g/mol. The highest BCUT2D eigenvalue weighted by molar-refractivity contribution is 8.03. The minimum Gasteiger partial charge on any atom is -1.00 e. The van der Waals surface area contributed by atoms with Crippen LogP contribution in [0, 0.1) is 0 Å². The average molecular weight is 731 g/mol. The highest BCUT2D eigenvalue weighted by Crippen LogP contribution is 2.67. The van der Waals surface area contributed by atoms with Gasteiger partial charge >= 0.3 is 0 Å². The van der Waals surface area contributed by atoms with Gasteiger partial charge in [-0.1, -0.05) is 121 Å². The molecule has 2 amide bonds. The van der Waals surface area contributed by atoms with Crippen LogP contribution in [-0.4, -0.2) is 11.8 Å². The number of para-hydroxylation sites is 1. The normalized spacial score (nSPS) is 11.4. The summed E-state index contributed by atoms with van der Waals surface area (Å²) in [6.45, 7) is 0. The number of carbonyl (C=O) groups excluding carboxylic acids is 2. The van der Waals surface area contributed by atoms with Gasteiger partial charge in [-0.25, -0.2) is 0 Å². The molecular formula is C40H32IN2O2P. The van der Waals surface area contributed by atoms with Gasteiger partial charge in [0.1, 0.15) is 28.5 Å². The lowest BCUT2D eigenvalue weighted by Crippen LogP contribution is -3.00. The highest BCUT2D eigenvalue weighted by Gasteiger charge is 2.52. The predicted molar refractivity (Wildman–Crippen MR) is 187 cm³/mol. The maximum atomic E-state index is 14.7. The highest BCUT2D eigenvalue weighted by atomic mass is 127. The lowest BCUT2D eigenvalue weighted by atomic mass is 10.1. The Labute approximate surface area is 287 Å². The van der Waals surface area contributed by atoms with E-state index in [2.05, 4.69) is 47.0 Å². The molecule has 6 heteroatoms. The van der Waals surface area contributed by atoms with Crippen LogP contribution in [0.3, 0.4) is 0 Å². The molecule has 2 N–H and O–H groups in total. The summed E-state index contributed by atoms with van der Waals surface area (Å²) >= 11 is 0. The maximum Gasteiger partial charge on any atom is 0.276 e. The van der Waals surface area contributed by atoms with Crippen LogP contribution in [0.15, 0.2) is 188 Å². The Balaban J connectivity index is 0.00000417. The summed E-state index contributed by atoms with van der Waals surface area (Å²) in [6.07, 6.45) is 0. The first-order valence-electron chi connectivity index (χ1n) is 14.8. The molecule has 4 nitrogen and oxygen atoms in total. The van der Waals surface area contributed by atoms with Gasteiger partial charge in [0.25, 0.3) is 11.8 Å². The number of hydrogen-bond donors (Lipinski definition) is 2. The molecule has 0 saturated heterocycles. The summed E-state index contributed by atoms with van der Waals surface area (Å²) in [5.74, 6) is -0.772. The van der Waals surface area contributed by atoms with E-state index in [1.165, 1.54) is 0 Å². The molecule has 0 atom stereocenters. The van der Waals surface area contributed by atoms with Gasteiger partial charge in [0.2, 0.25) is 0 Å². The third-order valence-electron chi connectivity index (χ3n) is 7.58. The van der Waals surface area contributed by atoms with Gasteiger partial charge < -0.3 is 34.6 Å². The van der Waals surface area contributed by atoms with Crippen LogP contribution in [0.1, 0.15) is 15.9 Å². The predicted octanol–water partition coefficient (Wildman–Crippen LogP) is 4.42. The van der Waals surface area contributed by atoms with Crippen LogP contribution >= 0.6 is 7.26 Å². The van der Waals surface area contributed by atoms with Crippen molar-refractivity contribution in [1.82, 2.24) is 5.32 Å². The van der Waals surface area contributed by atoms with E-state index >= 15 is 0 Å². The number of halogens is 1. The van der Waals surface area contributed by atoms with E-state index in [4.69, 9.17) is 0 Å². The van der Waals surface area contributed by atoms with Crippen molar-refractivity contribution >= 4 is 46.0 Å². The van der Waals surface area contributed by atoms with E-state index < -0.39 is 13.2 Å². The number of hydrogen-bond acceptors (Lipinski definition) is 2. The largest absolute Gasteiger partial charge is 1.00 e. The van der Waals surface area contributed by atoms with E-state index in [1.54, 1.807) is 12.1 Å². The van der Waals surface area contributed by atoms with Crippen LogP contribution in [0.4, 0.5) is 5.69 Å². The van der Waals surface area contributed by atoms with Crippen LogP contribution in [0.2, 0.25) is 0 Å². The molecule has 0 aromatic heterocycles. The second-order valence-corrected chi connectivity index (χ2v) is 13.7. The molecule has 0 aliphatic rings. The van der Waals surface area contributed by atoms with Crippen molar-refractivity contribution in [2.75, 3.05) is 5.32 Å². The molecule has 46 heavy (non-hydrogen) atoms. The van der Waals surface area contributed by atoms with Crippen LogP contribution in [0.25, 0.3) is 5.31 Å². The summed E-state index contributed by atoms with van der Waals surface area (Å²) in [6, 6.07) is 59.2. The molecule has 6 rings (SSSR count). The van der Waals surface area contributed by atoms with E-state index in [-0.39, 0.29) is 35.6 Å². The van der Waals surface area contributed by atoms with Gasteiger partial charge in [0.05, 0.1) is 0 Å². The van der Waals surface area contributed by atoms with Crippen LogP contribution in [0.5, 0.6) is 0 Å². The zero-order chi connectivity index (χ0) is 30.9. The summed E-state index contributed by atoms with van der Waals surface area (Å²) in [5.41, 5.74) is 2.13. The summed E-state index contributed by atoms with van der Waals surface area (Å²) in [7, 11) is -2.84. The fourth-order valence-electron chi connectivity index (χ4n) is 5.60. The molecule has 0 heterocycles. The van der Waals surface area contributed by atoms with Crippen molar-refractivity contribution in [2.45, 2.75) is 0 Å². The summed E-state index contributed by atoms with van der Waals surface area (Å²) in [5, 5.41) is 10.1.